The largest absolute Gasteiger partial charge is 0.480 e. The van der Waals surface area contributed by atoms with Crippen LogP contribution >= 0.6 is 0 Å². The van der Waals surface area contributed by atoms with E-state index in [9.17, 15) is 4.39 Å². The highest BCUT2D eigenvalue weighted by Crippen LogP contribution is 2.25. The van der Waals surface area contributed by atoms with E-state index >= 15 is 0 Å². The molecule has 0 bridgehead atoms. The fraction of sp³-hybridized carbons (Fsp3) is 0.526. The summed E-state index contributed by atoms with van der Waals surface area (Å²) in [5, 5.41) is 10.3. The number of aromatic amines is 1. The van der Waals surface area contributed by atoms with Crippen molar-refractivity contribution in [1.82, 2.24) is 20.4 Å². The highest BCUT2D eigenvalue weighted by atomic mass is 19.1. The summed E-state index contributed by atoms with van der Waals surface area (Å²) in [4.78, 5) is 2.17. The summed E-state index contributed by atoms with van der Waals surface area (Å²) in [6, 6.07) is 7.22. The van der Waals surface area contributed by atoms with Crippen LogP contribution in [0.1, 0.15) is 18.4 Å². The maximum atomic E-state index is 14.5. The van der Waals surface area contributed by atoms with Crippen molar-refractivity contribution in [3.05, 3.63) is 35.8 Å². The monoisotopic (exact) mass is 360 g/mol. The summed E-state index contributed by atoms with van der Waals surface area (Å²) in [5.41, 5.74) is 2.25. The minimum absolute atomic E-state index is 0.0319. The highest BCUT2D eigenvalue weighted by Gasteiger charge is 2.18. The van der Waals surface area contributed by atoms with Gasteiger partial charge in [-0.15, -0.1) is 0 Å². The van der Waals surface area contributed by atoms with E-state index in [0.29, 0.717) is 31.0 Å². The molecule has 1 fully saturated rings. The van der Waals surface area contributed by atoms with Gasteiger partial charge in [0.15, 0.2) is 5.82 Å². The van der Waals surface area contributed by atoms with Crippen LogP contribution in [0.25, 0.3) is 11.3 Å². The molecule has 1 aromatic heterocycles. The van der Waals surface area contributed by atoms with E-state index in [4.69, 9.17) is 9.47 Å². The summed E-state index contributed by atoms with van der Waals surface area (Å²) in [6.07, 6.45) is 3.33. The Balaban J connectivity index is 1.70. The van der Waals surface area contributed by atoms with Gasteiger partial charge < -0.3 is 19.7 Å². The number of H-pyrrole nitrogens is 1. The molecule has 1 aromatic carbocycles. The zero-order chi connectivity index (χ0) is 18.4. The fourth-order valence-electron chi connectivity index (χ4n) is 2.93. The smallest absolute Gasteiger partial charge is 0.207 e. The molecule has 0 unspecified atom stereocenters. The van der Waals surface area contributed by atoms with Crippen LogP contribution in [0.15, 0.2) is 12.3 Å². The van der Waals surface area contributed by atoms with Gasteiger partial charge in [-0.2, -0.15) is 5.10 Å². The Morgan fingerprint density at radius 2 is 2.23 bits per heavy atom. The normalized spacial score (nSPS) is 15.2. The summed E-state index contributed by atoms with van der Waals surface area (Å²) >= 11 is 0. The van der Waals surface area contributed by atoms with Gasteiger partial charge in [0.2, 0.25) is 5.75 Å². The number of aromatic nitrogens is 2. The van der Waals surface area contributed by atoms with Crippen molar-refractivity contribution < 1.29 is 13.9 Å². The van der Waals surface area contributed by atoms with E-state index in [1.807, 2.05) is 20.3 Å². The molecule has 1 saturated heterocycles. The molecule has 140 valence electrons. The van der Waals surface area contributed by atoms with Gasteiger partial charge in [0, 0.05) is 44.2 Å². The molecule has 0 aliphatic carbocycles. The van der Waals surface area contributed by atoms with E-state index < -0.39 is 5.82 Å². The number of nitrogens with one attached hydrogen (secondary N) is 2. The van der Waals surface area contributed by atoms with Crippen LogP contribution in [-0.4, -0.2) is 61.6 Å². The molecule has 0 radical (unpaired) electrons. The third-order valence-corrected chi connectivity index (χ3v) is 4.41. The van der Waals surface area contributed by atoms with Gasteiger partial charge in [-0.1, -0.05) is 6.07 Å². The number of nitrogens with zero attached hydrogens (tertiary/aromatic N) is 2. The molecule has 6 nitrogen and oxygen atoms in total. The van der Waals surface area contributed by atoms with Gasteiger partial charge in [-0.3, -0.25) is 5.10 Å². The van der Waals surface area contributed by atoms with Crippen molar-refractivity contribution in [2.24, 2.45) is 0 Å². The van der Waals surface area contributed by atoms with Crippen molar-refractivity contribution in [2.45, 2.75) is 25.5 Å². The second-order valence-corrected chi connectivity index (χ2v) is 6.52. The number of likely N-dealkylation sites (N-methyl/N-ethyl adjacent to an activating group) is 2. The molecular weight excluding hydrogens is 335 g/mol. The van der Waals surface area contributed by atoms with Crippen LogP contribution in [0.5, 0.6) is 5.75 Å². The zero-order valence-corrected chi connectivity index (χ0v) is 15.3. The first-order valence-corrected chi connectivity index (χ1v) is 8.91. The van der Waals surface area contributed by atoms with E-state index in [0.717, 1.165) is 31.5 Å². The molecule has 0 amide bonds. The number of hydrogen-bond acceptors (Lipinski definition) is 5. The molecule has 0 saturated carbocycles. The summed E-state index contributed by atoms with van der Waals surface area (Å²) in [6.45, 7) is 3.81. The van der Waals surface area contributed by atoms with Crippen molar-refractivity contribution in [3.63, 3.8) is 0 Å². The standard InChI is InChI=1S/C19H25FN4O2/c1-21-7-8-24(2)13-15-12-22-23-19(15)14-3-4-18(17(20)11-14)26-16-5-9-25-10-6-16/h11-12,16,21H,5-10,13H2,1-2H3,(H,22,23). The van der Waals surface area contributed by atoms with Crippen molar-refractivity contribution >= 4 is 0 Å². The molecule has 2 heterocycles. The van der Waals surface area contributed by atoms with E-state index in [1.165, 1.54) is 6.07 Å². The number of ether oxygens (including phenoxy) is 2. The van der Waals surface area contributed by atoms with Gasteiger partial charge in [-0.05, 0) is 26.2 Å². The first-order valence-electron chi connectivity index (χ1n) is 8.91. The lowest BCUT2D eigenvalue weighted by atomic mass is 10.1. The second-order valence-electron chi connectivity index (χ2n) is 6.52. The van der Waals surface area contributed by atoms with Gasteiger partial charge in [-0.25, -0.2) is 4.39 Å². The predicted octanol–water partition coefficient (Wildman–Crippen LogP) is 2.03. The first kappa shape index (κ1) is 18.6. The number of hydrogen-bond donors (Lipinski definition) is 2. The average Bonchev–Trinajstić information content (AvgIpc) is 3.10. The third kappa shape index (κ3) is 4.73. The van der Waals surface area contributed by atoms with Crippen LogP contribution in [0.3, 0.4) is 0 Å². The minimum Gasteiger partial charge on any atom is -0.480 e. The molecular formula is C19H25FN4O2. The molecule has 7 heteroatoms. The molecule has 1 aliphatic heterocycles. The van der Waals surface area contributed by atoms with Crippen LogP contribution in [0.2, 0.25) is 0 Å². The van der Waals surface area contributed by atoms with E-state index in [-0.39, 0.29) is 11.9 Å². The molecule has 2 N–H and O–H groups in total. The van der Waals surface area contributed by atoms with Gasteiger partial charge in [0.25, 0.3) is 0 Å². The van der Waals surface area contributed by atoms with E-state index in [1.54, 1.807) is 0 Å². The molecule has 1 aliphatic rings. The molecule has 3 rings (SSSR count). The van der Waals surface area contributed by atoms with Gasteiger partial charge >= 0.3 is 0 Å². The first-order chi connectivity index (χ1) is 12.7. The lowest BCUT2D eigenvalue weighted by Crippen LogP contribution is -2.27. The lowest BCUT2D eigenvalue weighted by molar-refractivity contribution is 0.0240. The van der Waals surface area contributed by atoms with Gasteiger partial charge in [0.05, 0.1) is 18.8 Å². The fourth-order valence-corrected chi connectivity index (χ4v) is 2.93. The zero-order valence-electron chi connectivity index (χ0n) is 15.3. The maximum absolute atomic E-state index is 14.5. The predicted molar refractivity (Wildman–Crippen MR) is 96.4 cm³/mol. The summed E-state index contributed by atoms with van der Waals surface area (Å²) in [7, 11) is 3.96. The number of rotatable bonds is 8. The number of halogens is 1. The van der Waals surface area contributed by atoms with Crippen molar-refractivity contribution in [3.8, 4) is 17.0 Å². The molecule has 26 heavy (non-hydrogen) atoms. The maximum Gasteiger partial charge on any atom is 0.207 e. The Kier molecular flexibility index (Phi) is 6.45. The SMILES string of the molecule is CNCCN(C)Cc1c[nH]nc1-c1c#cc(OC2CCOCC2)c(F)c1. The van der Waals surface area contributed by atoms with Crippen LogP contribution < -0.4 is 10.1 Å². The van der Waals surface area contributed by atoms with Gasteiger partial charge in [0.1, 0.15) is 11.8 Å². The second kappa shape index (κ2) is 8.99. The summed E-state index contributed by atoms with van der Waals surface area (Å²) < 4.78 is 25.5. The van der Waals surface area contributed by atoms with Crippen LogP contribution in [0.4, 0.5) is 4.39 Å². The van der Waals surface area contributed by atoms with Crippen LogP contribution in [0, 0.1) is 17.9 Å². The highest BCUT2D eigenvalue weighted by molar-refractivity contribution is 5.61. The van der Waals surface area contributed by atoms with E-state index in [2.05, 4.69) is 32.5 Å². The topological polar surface area (TPSA) is 62.4 Å². The van der Waals surface area contributed by atoms with Crippen molar-refractivity contribution in [2.75, 3.05) is 40.4 Å². The van der Waals surface area contributed by atoms with Crippen LogP contribution in [-0.2, 0) is 11.3 Å². The quantitative estimate of drug-likeness (QED) is 0.754. The molecule has 2 aromatic rings. The lowest BCUT2D eigenvalue weighted by Gasteiger charge is -2.22. The molecule has 0 spiro atoms. The molecule has 0 atom stereocenters. The Bertz CT molecular complexity index is 701. The Labute approximate surface area is 153 Å². The summed E-state index contributed by atoms with van der Waals surface area (Å²) in [5.74, 6) is -0.327. The third-order valence-electron chi connectivity index (χ3n) is 4.41. The van der Waals surface area contributed by atoms with Crippen molar-refractivity contribution in [1.29, 1.82) is 0 Å². The average molecular weight is 360 g/mol. The minimum atomic E-state index is -0.442. The Hall–Kier alpha value is -2.14. The Morgan fingerprint density at radius 1 is 1.42 bits per heavy atom. The Morgan fingerprint density at radius 3 is 2.96 bits per heavy atom.